The molecule has 1 N–H and O–H groups in total. The van der Waals surface area contributed by atoms with Gasteiger partial charge in [-0.05, 0) is 29.8 Å². The topological polar surface area (TPSA) is 83.4 Å². The third-order valence-electron chi connectivity index (χ3n) is 3.14. The van der Waals surface area contributed by atoms with E-state index in [9.17, 15) is 14.7 Å². The SMILES string of the molecule is C=CCN(C(=O)O)c1cccc(C(=O)Cc2ccnc(Cl)n2)c1Cl. The van der Waals surface area contributed by atoms with E-state index in [1.807, 2.05) is 0 Å². The van der Waals surface area contributed by atoms with Gasteiger partial charge in [-0.1, -0.05) is 23.7 Å². The number of hydrogen-bond donors (Lipinski definition) is 1. The number of ketones is 1. The molecular formula is C16H13Cl2N3O3. The minimum atomic E-state index is -1.19. The number of Topliss-reactive ketones (excluding diaryl/α,β-unsaturated/α-hetero) is 1. The summed E-state index contributed by atoms with van der Waals surface area (Å²) in [5.41, 5.74) is 0.873. The molecule has 1 heterocycles. The summed E-state index contributed by atoms with van der Waals surface area (Å²) < 4.78 is 0. The summed E-state index contributed by atoms with van der Waals surface area (Å²) >= 11 is 12.0. The summed E-state index contributed by atoms with van der Waals surface area (Å²) in [6, 6.07) is 6.20. The van der Waals surface area contributed by atoms with E-state index in [-0.39, 0.29) is 40.3 Å². The highest BCUT2D eigenvalue weighted by Crippen LogP contribution is 2.30. The normalized spacial score (nSPS) is 10.2. The lowest BCUT2D eigenvalue weighted by molar-refractivity contribution is 0.0992. The van der Waals surface area contributed by atoms with Gasteiger partial charge in [-0.3, -0.25) is 9.69 Å². The van der Waals surface area contributed by atoms with Crippen molar-refractivity contribution in [3.63, 3.8) is 0 Å². The molecule has 2 aromatic rings. The Balaban J connectivity index is 2.34. The van der Waals surface area contributed by atoms with Crippen LogP contribution in [0.5, 0.6) is 0 Å². The van der Waals surface area contributed by atoms with Crippen molar-refractivity contribution in [3.05, 3.63) is 64.7 Å². The number of carboxylic acid groups (broad SMARTS) is 1. The van der Waals surface area contributed by atoms with Crippen LogP contribution in [0.25, 0.3) is 0 Å². The van der Waals surface area contributed by atoms with E-state index >= 15 is 0 Å². The molecule has 0 atom stereocenters. The molecule has 0 fully saturated rings. The van der Waals surface area contributed by atoms with Gasteiger partial charge in [-0.25, -0.2) is 14.8 Å². The molecule has 1 aromatic carbocycles. The molecular weight excluding hydrogens is 353 g/mol. The number of hydrogen-bond acceptors (Lipinski definition) is 4. The fourth-order valence-electron chi connectivity index (χ4n) is 2.08. The first-order valence-corrected chi connectivity index (χ1v) is 7.60. The van der Waals surface area contributed by atoms with E-state index in [1.165, 1.54) is 24.4 Å². The first-order chi connectivity index (χ1) is 11.4. The van der Waals surface area contributed by atoms with Crippen LogP contribution in [0.4, 0.5) is 10.5 Å². The largest absolute Gasteiger partial charge is 0.465 e. The fraction of sp³-hybridized carbons (Fsp3) is 0.125. The minimum absolute atomic E-state index is 0.0278. The summed E-state index contributed by atoms with van der Waals surface area (Å²) in [4.78, 5) is 32.5. The number of carbonyl (C=O) groups excluding carboxylic acids is 1. The molecule has 0 spiro atoms. The van der Waals surface area contributed by atoms with Gasteiger partial charge in [0.2, 0.25) is 5.28 Å². The van der Waals surface area contributed by atoms with Crippen molar-refractivity contribution in [1.29, 1.82) is 0 Å². The lowest BCUT2D eigenvalue weighted by Gasteiger charge is -2.20. The summed E-state index contributed by atoms with van der Waals surface area (Å²) in [5, 5.41) is 9.39. The monoisotopic (exact) mass is 365 g/mol. The van der Waals surface area contributed by atoms with Crippen molar-refractivity contribution in [2.45, 2.75) is 6.42 Å². The summed E-state index contributed by atoms with van der Waals surface area (Å²) in [6.45, 7) is 3.57. The van der Waals surface area contributed by atoms with E-state index < -0.39 is 6.09 Å². The maximum Gasteiger partial charge on any atom is 0.412 e. The second kappa shape index (κ2) is 7.90. The number of rotatable bonds is 6. The number of nitrogens with zero attached hydrogens (tertiary/aromatic N) is 3. The molecule has 0 saturated carbocycles. The Kier molecular flexibility index (Phi) is 5.89. The second-order valence-electron chi connectivity index (χ2n) is 4.74. The zero-order valence-electron chi connectivity index (χ0n) is 12.4. The number of carbonyl (C=O) groups is 2. The highest BCUT2D eigenvalue weighted by Gasteiger charge is 2.21. The Hall–Kier alpha value is -2.44. The van der Waals surface area contributed by atoms with Gasteiger partial charge in [0.15, 0.2) is 5.78 Å². The van der Waals surface area contributed by atoms with Gasteiger partial charge < -0.3 is 5.11 Å². The Morgan fingerprint density at radius 3 is 2.67 bits per heavy atom. The Morgan fingerprint density at radius 1 is 1.29 bits per heavy atom. The van der Waals surface area contributed by atoms with Crippen molar-refractivity contribution in [2.24, 2.45) is 0 Å². The Morgan fingerprint density at radius 2 is 2.04 bits per heavy atom. The van der Waals surface area contributed by atoms with E-state index in [2.05, 4.69) is 16.5 Å². The van der Waals surface area contributed by atoms with Crippen LogP contribution in [-0.2, 0) is 6.42 Å². The molecule has 0 aliphatic rings. The van der Waals surface area contributed by atoms with Gasteiger partial charge in [0.25, 0.3) is 0 Å². The van der Waals surface area contributed by atoms with Crippen LogP contribution < -0.4 is 4.90 Å². The maximum absolute atomic E-state index is 12.5. The van der Waals surface area contributed by atoms with Gasteiger partial charge >= 0.3 is 6.09 Å². The predicted molar refractivity (Wildman–Crippen MR) is 92.1 cm³/mol. The molecule has 2 rings (SSSR count). The molecule has 8 heteroatoms. The number of amides is 1. The van der Waals surface area contributed by atoms with Crippen LogP contribution >= 0.6 is 23.2 Å². The summed E-state index contributed by atoms with van der Waals surface area (Å²) in [5.74, 6) is -0.305. The van der Waals surface area contributed by atoms with Crippen LogP contribution in [0, 0.1) is 0 Å². The van der Waals surface area contributed by atoms with Gasteiger partial charge in [-0.15, -0.1) is 6.58 Å². The van der Waals surface area contributed by atoms with Crippen molar-refractivity contribution in [1.82, 2.24) is 9.97 Å². The molecule has 0 aliphatic heterocycles. The summed E-state index contributed by atoms with van der Waals surface area (Å²) in [6.07, 6.45) is 1.66. The predicted octanol–water partition coefficient (Wildman–Crippen LogP) is 3.88. The van der Waals surface area contributed by atoms with Crippen LogP contribution in [0.2, 0.25) is 10.3 Å². The number of aromatic nitrogens is 2. The molecule has 0 radical (unpaired) electrons. The standard InChI is InChI=1S/C16H13Cl2N3O3/c1-2-8-21(16(23)24)12-5-3-4-11(14(12)17)13(22)9-10-6-7-19-15(18)20-10/h2-7H,1,8-9H2,(H,23,24). The zero-order valence-corrected chi connectivity index (χ0v) is 14.0. The Labute approximate surface area is 148 Å². The van der Waals surface area contributed by atoms with E-state index in [4.69, 9.17) is 23.2 Å². The van der Waals surface area contributed by atoms with E-state index in [0.717, 1.165) is 4.90 Å². The third kappa shape index (κ3) is 4.10. The fourth-order valence-corrected chi connectivity index (χ4v) is 2.58. The quantitative estimate of drug-likeness (QED) is 0.477. The third-order valence-corrected chi connectivity index (χ3v) is 3.72. The number of benzene rings is 1. The smallest absolute Gasteiger partial charge is 0.412 e. The van der Waals surface area contributed by atoms with Gasteiger partial charge in [0, 0.05) is 18.3 Å². The van der Waals surface area contributed by atoms with Crippen molar-refractivity contribution in [2.75, 3.05) is 11.4 Å². The highest BCUT2D eigenvalue weighted by atomic mass is 35.5. The molecule has 0 aliphatic carbocycles. The Bertz CT molecular complexity index is 796. The van der Waals surface area contributed by atoms with Crippen LogP contribution in [0.15, 0.2) is 43.1 Å². The number of anilines is 1. The van der Waals surface area contributed by atoms with Crippen molar-refractivity contribution in [3.8, 4) is 0 Å². The molecule has 24 heavy (non-hydrogen) atoms. The van der Waals surface area contributed by atoms with Crippen LogP contribution in [0.3, 0.4) is 0 Å². The summed E-state index contributed by atoms with van der Waals surface area (Å²) in [7, 11) is 0. The highest BCUT2D eigenvalue weighted by molar-refractivity contribution is 6.37. The zero-order chi connectivity index (χ0) is 17.7. The second-order valence-corrected chi connectivity index (χ2v) is 5.45. The number of halogens is 2. The van der Waals surface area contributed by atoms with Crippen molar-refractivity contribution >= 4 is 40.8 Å². The first-order valence-electron chi connectivity index (χ1n) is 6.84. The molecule has 1 aromatic heterocycles. The molecule has 0 bridgehead atoms. The maximum atomic E-state index is 12.5. The molecule has 0 unspecified atom stereocenters. The minimum Gasteiger partial charge on any atom is -0.465 e. The van der Waals surface area contributed by atoms with E-state index in [1.54, 1.807) is 12.1 Å². The van der Waals surface area contributed by atoms with Crippen molar-refractivity contribution < 1.29 is 14.7 Å². The van der Waals surface area contributed by atoms with Gasteiger partial charge in [-0.2, -0.15) is 0 Å². The van der Waals surface area contributed by atoms with Gasteiger partial charge in [0.1, 0.15) is 0 Å². The lowest BCUT2D eigenvalue weighted by atomic mass is 10.1. The average Bonchev–Trinajstić information content (AvgIpc) is 2.53. The van der Waals surface area contributed by atoms with Gasteiger partial charge in [0.05, 0.1) is 22.8 Å². The molecule has 124 valence electrons. The molecule has 1 amide bonds. The van der Waals surface area contributed by atoms with Crippen LogP contribution in [0.1, 0.15) is 16.1 Å². The van der Waals surface area contributed by atoms with Crippen LogP contribution in [-0.4, -0.2) is 33.5 Å². The first kappa shape index (κ1) is 17.9. The molecule has 0 saturated heterocycles. The average molecular weight is 366 g/mol. The van der Waals surface area contributed by atoms with E-state index in [0.29, 0.717) is 5.69 Å². The molecule has 6 nitrogen and oxygen atoms in total. The lowest BCUT2D eigenvalue weighted by Crippen LogP contribution is -2.29.